The van der Waals surface area contributed by atoms with Crippen LogP contribution in [0.15, 0.2) is 47.8 Å². The second-order valence-electron chi connectivity index (χ2n) is 6.36. The molecule has 0 saturated carbocycles. The highest BCUT2D eigenvalue weighted by Gasteiger charge is 2.23. The van der Waals surface area contributed by atoms with Gasteiger partial charge in [-0.1, -0.05) is 24.3 Å². The highest BCUT2D eigenvalue weighted by atomic mass is 32.1. The van der Waals surface area contributed by atoms with Crippen molar-refractivity contribution in [2.45, 2.75) is 13.0 Å². The number of para-hydroxylation sites is 1. The van der Waals surface area contributed by atoms with Crippen molar-refractivity contribution in [3.05, 3.63) is 52.7 Å². The molecule has 26 heavy (non-hydrogen) atoms. The number of urea groups is 1. The van der Waals surface area contributed by atoms with Crippen LogP contribution in [0.1, 0.15) is 17.8 Å². The van der Waals surface area contributed by atoms with Crippen molar-refractivity contribution in [3.8, 4) is 0 Å². The molecule has 0 unspecified atom stereocenters. The molecule has 1 aromatic heterocycles. The fourth-order valence-corrected chi connectivity index (χ4v) is 3.65. The van der Waals surface area contributed by atoms with Crippen LogP contribution >= 0.6 is 11.3 Å². The Hall–Kier alpha value is -2.38. The zero-order chi connectivity index (χ0) is 18.4. The largest absolute Gasteiger partial charge is 0.331 e. The monoisotopic (exact) mass is 372 g/mol. The van der Waals surface area contributed by atoms with Crippen LogP contribution in [0.25, 0.3) is 0 Å². The van der Waals surface area contributed by atoms with E-state index in [0.717, 1.165) is 10.6 Å². The summed E-state index contributed by atoms with van der Waals surface area (Å²) in [5.74, 6) is -0.0274. The maximum absolute atomic E-state index is 12.4. The molecule has 138 valence electrons. The molecule has 3 amide bonds. The smallest absolute Gasteiger partial charge is 0.317 e. The fourth-order valence-electron chi connectivity index (χ4n) is 2.92. The lowest BCUT2D eigenvalue weighted by molar-refractivity contribution is -0.117. The van der Waals surface area contributed by atoms with E-state index in [-0.39, 0.29) is 18.0 Å². The Morgan fingerprint density at radius 1 is 1.08 bits per heavy atom. The lowest BCUT2D eigenvalue weighted by atomic mass is 10.2. The van der Waals surface area contributed by atoms with Crippen molar-refractivity contribution in [2.75, 3.05) is 38.0 Å². The average Bonchev–Trinajstić information content (AvgIpc) is 3.18. The van der Waals surface area contributed by atoms with Gasteiger partial charge >= 0.3 is 6.03 Å². The van der Waals surface area contributed by atoms with Crippen LogP contribution in [0.3, 0.4) is 0 Å². The number of carbonyl (C=O) groups is 2. The number of hydrogen-bond acceptors (Lipinski definition) is 4. The van der Waals surface area contributed by atoms with Crippen LogP contribution in [-0.2, 0) is 4.79 Å². The third kappa shape index (κ3) is 5.06. The molecular formula is C19H24N4O2S. The Labute approximate surface area is 157 Å². The molecular weight excluding hydrogens is 348 g/mol. The molecule has 1 fully saturated rings. The quantitative estimate of drug-likeness (QED) is 0.848. The van der Waals surface area contributed by atoms with Gasteiger partial charge in [-0.05, 0) is 30.5 Å². The van der Waals surface area contributed by atoms with Crippen molar-refractivity contribution in [1.82, 2.24) is 15.1 Å². The summed E-state index contributed by atoms with van der Waals surface area (Å²) in [7, 11) is 0. The molecule has 6 nitrogen and oxygen atoms in total. The Kier molecular flexibility index (Phi) is 6.25. The zero-order valence-corrected chi connectivity index (χ0v) is 15.7. The van der Waals surface area contributed by atoms with Crippen LogP contribution in [0.5, 0.6) is 0 Å². The van der Waals surface area contributed by atoms with Gasteiger partial charge in [0.2, 0.25) is 5.91 Å². The first kappa shape index (κ1) is 18.4. The number of nitrogens with zero attached hydrogens (tertiary/aromatic N) is 2. The normalized spacial score (nSPS) is 16.1. The molecule has 3 rings (SSSR count). The van der Waals surface area contributed by atoms with Gasteiger partial charge in [-0.15, -0.1) is 11.3 Å². The Bertz CT molecular complexity index is 712. The molecule has 2 heterocycles. The predicted molar refractivity (Wildman–Crippen MR) is 104 cm³/mol. The number of piperazine rings is 1. The number of thiophene rings is 1. The third-order valence-corrected chi connectivity index (χ3v) is 5.45. The number of rotatable bonds is 5. The van der Waals surface area contributed by atoms with E-state index in [2.05, 4.69) is 15.5 Å². The number of benzene rings is 1. The van der Waals surface area contributed by atoms with Crippen molar-refractivity contribution in [2.24, 2.45) is 0 Å². The van der Waals surface area contributed by atoms with Gasteiger partial charge in [-0.3, -0.25) is 9.69 Å². The van der Waals surface area contributed by atoms with Crippen molar-refractivity contribution in [3.63, 3.8) is 0 Å². The molecule has 1 aromatic carbocycles. The molecule has 0 radical (unpaired) electrons. The van der Waals surface area contributed by atoms with E-state index in [1.54, 1.807) is 11.3 Å². The molecule has 1 atom stereocenters. The second-order valence-corrected chi connectivity index (χ2v) is 7.34. The van der Waals surface area contributed by atoms with Crippen LogP contribution in [0.4, 0.5) is 10.5 Å². The van der Waals surface area contributed by atoms with Gasteiger partial charge in [0.25, 0.3) is 0 Å². The summed E-state index contributed by atoms with van der Waals surface area (Å²) in [5, 5.41) is 7.94. The van der Waals surface area contributed by atoms with Gasteiger partial charge in [0.1, 0.15) is 0 Å². The molecule has 1 aliphatic heterocycles. The SMILES string of the molecule is C[C@@H](NC(=O)N1CCN(CC(=O)Nc2ccccc2)CC1)c1cccs1. The minimum atomic E-state index is -0.0423. The predicted octanol–water partition coefficient (Wildman–Crippen LogP) is 2.78. The van der Waals surface area contributed by atoms with E-state index >= 15 is 0 Å². The molecule has 1 saturated heterocycles. The summed E-state index contributed by atoms with van der Waals surface area (Å²) in [4.78, 5) is 29.6. The summed E-state index contributed by atoms with van der Waals surface area (Å²) in [5.41, 5.74) is 0.804. The van der Waals surface area contributed by atoms with Gasteiger partial charge in [0, 0.05) is 36.7 Å². The van der Waals surface area contributed by atoms with Crippen LogP contribution in [0.2, 0.25) is 0 Å². The zero-order valence-electron chi connectivity index (χ0n) is 14.9. The number of carbonyl (C=O) groups excluding carboxylic acids is 2. The minimum absolute atomic E-state index is 0.0113. The van der Waals surface area contributed by atoms with E-state index in [4.69, 9.17) is 0 Å². The molecule has 2 N–H and O–H groups in total. The molecule has 1 aliphatic rings. The van der Waals surface area contributed by atoms with Crippen molar-refractivity contribution >= 4 is 29.0 Å². The average molecular weight is 372 g/mol. The summed E-state index contributed by atoms with van der Waals surface area (Å²) >= 11 is 1.64. The van der Waals surface area contributed by atoms with Crippen LogP contribution in [-0.4, -0.2) is 54.5 Å². The van der Waals surface area contributed by atoms with Gasteiger partial charge in [-0.25, -0.2) is 4.79 Å². The fraction of sp³-hybridized carbons (Fsp3) is 0.368. The number of hydrogen-bond donors (Lipinski definition) is 2. The highest BCUT2D eigenvalue weighted by Crippen LogP contribution is 2.18. The van der Waals surface area contributed by atoms with E-state index < -0.39 is 0 Å². The summed E-state index contributed by atoms with van der Waals surface area (Å²) < 4.78 is 0. The van der Waals surface area contributed by atoms with Gasteiger partial charge in [0.05, 0.1) is 12.6 Å². The summed E-state index contributed by atoms with van der Waals surface area (Å²) in [6.07, 6.45) is 0. The van der Waals surface area contributed by atoms with E-state index in [1.165, 1.54) is 0 Å². The topological polar surface area (TPSA) is 64.7 Å². The lowest BCUT2D eigenvalue weighted by Gasteiger charge is -2.34. The van der Waals surface area contributed by atoms with Gasteiger partial charge < -0.3 is 15.5 Å². The van der Waals surface area contributed by atoms with E-state index in [1.807, 2.05) is 59.7 Å². The second kappa shape index (κ2) is 8.82. The molecule has 0 bridgehead atoms. The van der Waals surface area contributed by atoms with Crippen LogP contribution in [0, 0.1) is 0 Å². The first-order chi connectivity index (χ1) is 12.6. The summed E-state index contributed by atoms with van der Waals surface area (Å²) in [6, 6.07) is 13.4. The lowest BCUT2D eigenvalue weighted by Crippen LogP contribution is -2.53. The first-order valence-corrected chi connectivity index (χ1v) is 9.66. The maximum Gasteiger partial charge on any atom is 0.317 e. The summed E-state index contributed by atoms with van der Waals surface area (Å²) in [6.45, 7) is 4.99. The van der Waals surface area contributed by atoms with Crippen LogP contribution < -0.4 is 10.6 Å². The molecule has 2 aromatic rings. The van der Waals surface area contributed by atoms with Crippen molar-refractivity contribution in [1.29, 1.82) is 0 Å². The third-order valence-electron chi connectivity index (χ3n) is 4.39. The Balaban J connectivity index is 1.41. The molecule has 7 heteroatoms. The molecule has 0 spiro atoms. The Morgan fingerprint density at radius 2 is 1.81 bits per heavy atom. The maximum atomic E-state index is 12.4. The first-order valence-electron chi connectivity index (χ1n) is 8.78. The van der Waals surface area contributed by atoms with Crippen molar-refractivity contribution < 1.29 is 9.59 Å². The Morgan fingerprint density at radius 3 is 2.46 bits per heavy atom. The molecule has 0 aliphatic carbocycles. The van der Waals surface area contributed by atoms with Gasteiger partial charge in [0.15, 0.2) is 0 Å². The standard InChI is InChI=1S/C19H24N4O2S/c1-15(17-8-5-13-26-17)20-19(25)23-11-9-22(10-12-23)14-18(24)21-16-6-3-2-4-7-16/h2-8,13,15H,9-12,14H2,1H3,(H,20,25)(H,21,24)/t15-/m1/s1. The highest BCUT2D eigenvalue weighted by molar-refractivity contribution is 7.10. The minimum Gasteiger partial charge on any atom is -0.331 e. The number of anilines is 1. The van der Waals surface area contributed by atoms with Gasteiger partial charge in [-0.2, -0.15) is 0 Å². The van der Waals surface area contributed by atoms with E-state index in [0.29, 0.717) is 32.7 Å². The number of amides is 3. The van der Waals surface area contributed by atoms with E-state index in [9.17, 15) is 9.59 Å². The number of nitrogens with one attached hydrogen (secondary N) is 2.